The van der Waals surface area contributed by atoms with Gasteiger partial charge in [0.2, 0.25) is 0 Å². The maximum atomic E-state index is 4.18. The summed E-state index contributed by atoms with van der Waals surface area (Å²) in [4.78, 5) is 4.18. The van der Waals surface area contributed by atoms with E-state index in [1.807, 2.05) is 12.4 Å². The topological polar surface area (TPSA) is 17.8 Å². The summed E-state index contributed by atoms with van der Waals surface area (Å²) in [5.41, 5.74) is 2.44. The molecule has 3 aromatic rings. The first-order chi connectivity index (χ1) is 7.42. The van der Waals surface area contributed by atoms with Gasteiger partial charge < -0.3 is 0 Å². The molecule has 1 aromatic carbocycles. The van der Waals surface area contributed by atoms with Crippen molar-refractivity contribution in [3.63, 3.8) is 0 Å². The van der Waals surface area contributed by atoms with Crippen LogP contribution in [0.1, 0.15) is 0 Å². The lowest BCUT2D eigenvalue weighted by Gasteiger charge is -1.99. The molecule has 0 N–H and O–H groups in total. The van der Waals surface area contributed by atoms with Crippen LogP contribution in [-0.4, -0.2) is 15.2 Å². The highest BCUT2D eigenvalue weighted by Gasteiger charge is 2.08. The molecule has 0 fully saturated rings. The van der Waals surface area contributed by atoms with Gasteiger partial charge in [-0.25, -0.2) is 0 Å². The van der Waals surface area contributed by atoms with Gasteiger partial charge in [0.1, 0.15) is 0 Å². The summed E-state index contributed by atoms with van der Waals surface area (Å²) in [5, 5.41) is 2.57. The van der Waals surface area contributed by atoms with Crippen LogP contribution in [0, 0.1) is 0 Å². The Morgan fingerprint density at radius 3 is 2.73 bits per heavy atom. The molecule has 2 heterocycles. The molecule has 0 bridgehead atoms. The Kier molecular flexibility index (Phi) is 1.92. The van der Waals surface area contributed by atoms with Crippen molar-refractivity contribution in [2.24, 2.45) is 0 Å². The summed E-state index contributed by atoms with van der Waals surface area (Å²) < 4.78 is 2.22. The lowest BCUT2D eigenvalue weighted by molar-refractivity contribution is 1.32. The van der Waals surface area contributed by atoms with E-state index in [0.29, 0.717) is 0 Å². The van der Waals surface area contributed by atoms with Crippen molar-refractivity contribution < 1.29 is 0 Å². The third-order valence-electron chi connectivity index (χ3n) is 2.61. The average molecular weight is 214 g/mol. The zero-order valence-electron chi connectivity index (χ0n) is 8.34. The van der Waals surface area contributed by atoms with E-state index in [0.717, 1.165) is 0 Å². The smallest absolute Gasteiger partial charge is 0.0787 e. The van der Waals surface area contributed by atoms with Crippen LogP contribution in [0.15, 0.2) is 42.7 Å². The maximum absolute atomic E-state index is 4.18. The van der Waals surface area contributed by atoms with Gasteiger partial charge in [-0.15, -0.1) is 0 Å². The summed E-state index contributed by atoms with van der Waals surface area (Å²) in [6, 6.07) is 10.5. The molecule has 3 rings (SSSR count). The fourth-order valence-electron chi connectivity index (χ4n) is 1.98. The first-order valence-electron chi connectivity index (χ1n) is 4.79. The molecule has 74 valence electrons. The molecule has 2 nitrogen and oxygen atoms in total. The van der Waals surface area contributed by atoms with Crippen LogP contribution in [0.25, 0.3) is 21.8 Å². The summed E-state index contributed by atoms with van der Waals surface area (Å²) in [5.74, 6) is 0. The second-order valence-electron chi connectivity index (χ2n) is 3.39. The number of hydrogen-bond acceptors (Lipinski definition) is 2. The number of rotatable bonds is 1. The zero-order chi connectivity index (χ0) is 10.3. The van der Waals surface area contributed by atoms with Crippen LogP contribution in [-0.2, 0) is 0 Å². The molecule has 0 amide bonds. The summed E-state index contributed by atoms with van der Waals surface area (Å²) >= 11 is 1.71. The largest absolute Gasteiger partial charge is 0.282 e. The lowest BCUT2D eigenvalue weighted by Crippen LogP contribution is -1.83. The summed E-state index contributed by atoms with van der Waals surface area (Å²) in [7, 11) is 0. The Balaban J connectivity index is 2.62. The number of nitrogens with zero attached hydrogens (tertiary/aromatic N) is 2. The molecule has 0 aliphatic heterocycles. The molecule has 0 radical (unpaired) electrons. The first kappa shape index (κ1) is 8.80. The van der Waals surface area contributed by atoms with E-state index >= 15 is 0 Å². The quantitative estimate of drug-likeness (QED) is 0.618. The number of fused-ring (bicyclic) bond motifs is 3. The van der Waals surface area contributed by atoms with Crippen molar-refractivity contribution in [1.82, 2.24) is 8.96 Å². The third kappa shape index (κ3) is 1.16. The monoisotopic (exact) mass is 214 g/mol. The van der Waals surface area contributed by atoms with Crippen LogP contribution in [0.2, 0.25) is 0 Å². The molecule has 3 heteroatoms. The summed E-state index contributed by atoms with van der Waals surface area (Å²) in [6.07, 6.45) is 5.85. The van der Waals surface area contributed by atoms with Gasteiger partial charge >= 0.3 is 0 Å². The van der Waals surface area contributed by atoms with Crippen molar-refractivity contribution in [1.29, 1.82) is 0 Å². The van der Waals surface area contributed by atoms with Crippen molar-refractivity contribution >= 4 is 33.8 Å². The van der Waals surface area contributed by atoms with E-state index in [-0.39, 0.29) is 0 Å². The number of benzene rings is 1. The van der Waals surface area contributed by atoms with Crippen LogP contribution in [0.4, 0.5) is 0 Å². The van der Waals surface area contributed by atoms with E-state index in [4.69, 9.17) is 0 Å². The number of para-hydroxylation sites is 1. The van der Waals surface area contributed by atoms with Gasteiger partial charge in [-0.05, 0) is 24.1 Å². The Hall–Kier alpha value is -1.48. The van der Waals surface area contributed by atoms with Crippen molar-refractivity contribution in [2.45, 2.75) is 0 Å². The van der Waals surface area contributed by atoms with E-state index in [1.165, 1.54) is 21.8 Å². The van der Waals surface area contributed by atoms with E-state index in [9.17, 15) is 0 Å². The van der Waals surface area contributed by atoms with E-state index in [1.54, 1.807) is 11.9 Å². The minimum absolute atomic E-state index is 1.19. The van der Waals surface area contributed by atoms with Crippen LogP contribution in [0.3, 0.4) is 0 Å². The molecule has 15 heavy (non-hydrogen) atoms. The molecule has 0 aliphatic carbocycles. The fraction of sp³-hybridized carbons (Fsp3) is 0.0833. The second kappa shape index (κ2) is 3.28. The van der Waals surface area contributed by atoms with Gasteiger partial charge in [0.25, 0.3) is 0 Å². The highest BCUT2D eigenvalue weighted by molar-refractivity contribution is 7.97. The molecule has 2 aromatic heterocycles. The van der Waals surface area contributed by atoms with Crippen LogP contribution >= 0.6 is 11.9 Å². The average Bonchev–Trinajstić information content (AvgIpc) is 2.63. The van der Waals surface area contributed by atoms with Crippen molar-refractivity contribution in [2.75, 3.05) is 6.26 Å². The Bertz CT molecular complexity index is 574. The predicted molar refractivity (Wildman–Crippen MR) is 66.2 cm³/mol. The Morgan fingerprint density at radius 1 is 1.07 bits per heavy atom. The minimum atomic E-state index is 1.19. The first-order valence-corrected chi connectivity index (χ1v) is 5.97. The minimum Gasteiger partial charge on any atom is -0.282 e. The Morgan fingerprint density at radius 2 is 1.87 bits per heavy atom. The van der Waals surface area contributed by atoms with Gasteiger partial charge in [-0.2, -0.15) is 0 Å². The molecule has 0 unspecified atom stereocenters. The standard InChI is InChI=1S/C12H10N2S/c1-15-14-11-5-3-2-4-9(11)10-6-7-13-8-12(10)14/h2-8H,1H3. The van der Waals surface area contributed by atoms with Gasteiger partial charge in [0.05, 0.1) is 17.2 Å². The van der Waals surface area contributed by atoms with Crippen molar-refractivity contribution in [3.05, 3.63) is 42.7 Å². The van der Waals surface area contributed by atoms with Crippen LogP contribution in [0.5, 0.6) is 0 Å². The Labute approximate surface area is 92.1 Å². The van der Waals surface area contributed by atoms with E-state index in [2.05, 4.69) is 45.5 Å². The molecule has 0 saturated carbocycles. The third-order valence-corrected chi connectivity index (χ3v) is 3.37. The normalized spacial score (nSPS) is 11.3. The fourth-order valence-corrected chi connectivity index (χ4v) is 2.68. The highest BCUT2D eigenvalue weighted by atomic mass is 32.2. The zero-order valence-corrected chi connectivity index (χ0v) is 9.16. The molecular formula is C12H10N2S. The number of pyridine rings is 1. The lowest BCUT2D eigenvalue weighted by atomic mass is 10.2. The van der Waals surface area contributed by atoms with Gasteiger partial charge in [0, 0.05) is 23.2 Å². The summed E-state index contributed by atoms with van der Waals surface area (Å²) in [6.45, 7) is 0. The number of hydrogen-bond donors (Lipinski definition) is 0. The molecule has 0 saturated heterocycles. The molecule has 0 atom stereocenters. The number of aromatic nitrogens is 2. The van der Waals surface area contributed by atoms with Gasteiger partial charge in [-0.3, -0.25) is 8.96 Å². The maximum Gasteiger partial charge on any atom is 0.0787 e. The van der Waals surface area contributed by atoms with E-state index < -0.39 is 0 Å². The SMILES string of the molecule is CSn1c2ccccc2c2ccncc21. The van der Waals surface area contributed by atoms with Gasteiger partial charge in [-0.1, -0.05) is 18.2 Å². The van der Waals surface area contributed by atoms with Gasteiger partial charge in [0.15, 0.2) is 0 Å². The van der Waals surface area contributed by atoms with Crippen LogP contribution < -0.4 is 0 Å². The highest BCUT2D eigenvalue weighted by Crippen LogP contribution is 2.30. The predicted octanol–water partition coefficient (Wildman–Crippen LogP) is 3.32. The molecule has 0 spiro atoms. The molecular weight excluding hydrogens is 204 g/mol. The second-order valence-corrected chi connectivity index (χ2v) is 4.12. The van der Waals surface area contributed by atoms with Crippen molar-refractivity contribution in [3.8, 4) is 0 Å². The molecule has 0 aliphatic rings.